The van der Waals surface area contributed by atoms with Crippen molar-refractivity contribution in [3.8, 4) is 11.5 Å². The first-order valence-electron chi connectivity index (χ1n) is 13.1. The minimum Gasteiger partial charge on any atom is -0.497 e. The maximum atomic E-state index is 13.3. The molecule has 0 aromatic heterocycles. The molecule has 4 aromatic carbocycles. The van der Waals surface area contributed by atoms with Gasteiger partial charge in [0.25, 0.3) is 11.8 Å². The van der Waals surface area contributed by atoms with Crippen molar-refractivity contribution >= 4 is 46.9 Å². The summed E-state index contributed by atoms with van der Waals surface area (Å²) < 4.78 is 10.4. The highest BCUT2D eigenvalue weighted by atomic mass is 32.2. The van der Waals surface area contributed by atoms with Crippen molar-refractivity contribution in [1.29, 1.82) is 0 Å². The van der Waals surface area contributed by atoms with Gasteiger partial charge in [0.1, 0.15) is 17.2 Å². The van der Waals surface area contributed by atoms with Gasteiger partial charge in [0.05, 0.1) is 19.5 Å². The molecule has 0 bridgehead atoms. The lowest BCUT2D eigenvalue weighted by molar-refractivity contribution is -0.115. The number of hydrogen-bond donors (Lipinski definition) is 3. The number of hydrogen-bond acceptors (Lipinski definition) is 6. The summed E-state index contributed by atoms with van der Waals surface area (Å²) in [5.41, 5.74) is 2.41. The van der Waals surface area contributed by atoms with Gasteiger partial charge >= 0.3 is 0 Å². The lowest BCUT2D eigenvalue weighted by Gasteiger charge is -2.14. The molecule has 8 nitrogen and oxygen atoms in total. The van der Waals surface area contributed by atoms with Crippen LogP contribution in [-0.4, -0.2) is 37.2 Å². The average Bonchev–Trinajstić information content (AvgIpc) is 3.02. The molecule has 3 N–H and O–H groups in total. The highest BCUT2D eigenvalue weighted by Gasteiger charge is 2.17. The third-order valence-corrected chi connectivity index (χ3v) is 7.20. The summed E-state index contributed by atoms with van der Waals surface area (Å²) in [5, 5.41) is 8.10. The van der Waals surface area contributed by atoms with E-state index in [1.807, 2.05) is 37.3 Å². The zero-order chi connectivity index (χ0) is 29.9. The second-order valence-corrected chi connectivity index (χ2v) is 10.5. The van der Waals surface area contributed by atoms with Crippen molar-refractivity contribution in [3.63, 3.8) is 0 Å². The Bertz CT molecular complexity index is 1560. The molecule has 214 valence electrons. The zero-order valence-electron chi connectivity index (χ0n) is 23.4. The SMILES string of the molecule is COc1ccc(/C=C(\NC(=O)c2ccccc2)C(=O)Nc2ccc(SC(C)C(=O)Nc3cccc(OC)c3)cc2)cc1. The molecule has 0 radical (unpaired) electrons. The quantitative estimate of drug-likeness (QED) is 0.143. The van der Waals surface area contributed by atoms with Gasteiger partial charge in [0.15, 0.2) is 0 Å². The molecule has 0 fully saturated rings. The minimum atomic E-state index is -0.485. The number of benzene rings is 4. The predicted octanol–water partition coefficient (Wildman–Crippen LogP) is 6.23. The largest absolute Gasteiger partial charge is 0.497 e. The summed E-state index contributed by atoms with van der Waals surface area (Å²) in [6.07, 6.45) is 1.60. The number of anilines is 2. The summed E-state index contributed by atoms with van der Waals surface area (Å²) >= 11 is 1.39. The van der Waals surface area contributed by atoms with Crippen LogP contribution < -0.4 is 25.4 Å². The smallest absolute Gasteiger partial charge is 0.272 e. The summed E-state index contributed by atoms with van der Waals surface area (Å²) in [5.74, 6) is 0.303. The highest BCUT2D eigenvalue weighted by molar-refractivity contribution is 8.00. The van der Waals surface area contributed by atoms with E-state index in [4.69, 9.17) is 9.47 Å². The first kappa shape index (κ1) is 30.0. The van der Waals surface area contributed by atoms with Crippen LogP contribution >= 0.6 is 11.8 Å². The molecule has 3 amide bonds. The fourth-order valence-corrected chi connectivity index (χ4v) is 4.69. The normalized spacial score (nSPS) is 11.6. The van der Waals surface area contributed by atoms with E-state index < -0.39 is 11.8 Å². The second kappa shape index (κ2) is 14.6. The molecule has 0 aliphatic heterocycles. The topological polar surface area (TPSA) is 106 Å². The van der Waals surface area contributed by atoms with Gasteiger partial charge in [0.2, 0.25) is 5.91 Å². The molecule has 9 heteroatoms. The average molecular weight is 582 g/mol. The number of rotatable bonds is 11. The van der Waals surface area contributed by atoms with Crippen LogP contribution in [0, 0.1) is 0 Å². The minimum absolute atomic E-state index is 0.0790. The van der Waals surface area contributed by atoms with E-state index in [9.17, 15) is 14.4 Å². The fraction of sp³-hybridized carbons (Fsp3) is 0.121. The Hall–Kier alpha value is -5.02. The summed E-state index contributed by atoms with van der Waals surface area (Å²) in [7, 11) is 3.15. The van der Waals surface area contributed by atoms with E-state index in [-0.39, 0.29) is 16.9 Å². The van der Waals surface area contributed by atoms with E-state index in [2.05, 4.69) is 16.0 Å². The molecule has 0 saturated carbocycles. The number of carbonyl (C=O) groups excluding carboxylic acids is 3. The third-order valence-electron chi connectivity index (χ3n) is 6.09. The molecule has 1 unspecified atom stereocenters. The van der Waals surface area contributed by atoms with Crippen LogP contribution in [0.4, 0.5) is 11.4 Å². The monoisotopic (exact) mass is 581 g/mol. The Morgan fingerprint density at radius 2 is 1.43 bits per heavy atom. The standard InChI is InChI=1S/C33H31N3O5S/c1-22(31(37)35-26-10-7-11-28(21-26)41-3)42-29-18-14-25(15-19-29)34-33(39)30(20-23-12-16-27(40-2)17-13-23)36-32(38)24-8-5-4-6-9-24/h4-22H,1-3H3,(H,34,39)(H,35,37)(H,36,38)/b30-20-. The number of carbonyl (C=O) groups is 3. The van der Waals surface area contributed by atoms with E-state index in [1.54, 1.807) is 93.1 Å². The van der Waals surface area contributed by atoms with Gasteiger partial charge in [-0.25, -0.2) is 0 Å². The fourth-order valence-electron chi connectivity index (χ4n) is 3.83. The van der Waals surface area contributed by atoms with Crippen molar-refractivity contribution in [2.75, 3.05) is 24.9 Å². The summed E-state index contributed by atoms with van der Waals surface area (Å²) in [6, 6.07) is 30.1. The van der Waals surface area contributed by atoms with E-state index in [0.29, 0.717) is 34.0 Å². The lowest BCUT2D eigenvalue weighted by Crippen LogP contribution is -2.30. The number of thioether (sulfide) groups is 1. The predicted molar refractivity (Wildman–Crippen MR) is 167 cm³/mol. The Morgan fingerprint density at radius 3 is 2.10 bits per heavy atom. The van der Waals surface area contributed by atoms with Gasteiger partial charge in [-0.2, -0.15) is 0 Å². The van der Waals surface area contributed by atoms with E-state index in [0.717, 1.165) is 4.90 Å². The number of methoxy groups -OCH3 is 2. The Labute approximate surface area is 249 Å². The molecule has 4 aromatic rings. The van der Waals surface area contributed by atoms with Crippen molar-refractivity contribution in [2.24, 2.45) is 0 Å². The Morgan fingerprint density at radius 1 is 0.738 bits per heavy atom. The van der Waals surface area contributed by atoms with Gasteiger partial charge in [-0.1, -0.05) is 36.4 Å². The van der Waals surface area contributed by atoms with Gasteiger partial charge < -0.3 is 25.4 Å². The lowest BCUT2D eigenvalue weighted by atomic mass is 10.1. The van der Waals surface area contributed by atoms with Gasteiger partial charge in [-0.15, -0.1) is 11.8 Å². The van der Waals surface area contributed by atoms with Crippen LogP contribution in [0.1, 0.15) is 22.8 Å². The van der Waals surface area contributed by atoms with E-state index in [1.165, 1.54) is 11.8 Å². The maximum Gasteiger partial charge on any atom is 0.272 e. The Kier molecular flexibility index (Phi) is 10.4. The van der Waals surface area contributed by atoms with Crippen molar-refractivity contribution in [2.45, 2.75) is 17.1 Å². The third kappa shape index (κ3) is 8.49. The van der Waals surface area contributed by atoms with Crippen LogP contribution in [-0.2, 0) is 9.59 Å². The van der Waals surface area contributed by atoms with Crippen LogP contribution in [0.5, 0.6) is 11.5 Å². The molecule has 0 aliphatic carbocycles. The van der Waals surface area contributed by atoms with Crippen molar-refractivity contribution < 1.29 is 23.9 Å². The zero-order valence-corrected chi connectivity index (χ0v) is 24.2. The first-order valence-corrected chi connectivity index (χ1v) is 14.0. The van der Waals surface area contributed by atoms with Crippen LogP contribution in [0.25, 0.3) is 6.08 Å². The van der Waals surface area contributed by atoms with Crippen LogP contribution in [0.15, 0.2) is 114 Å². The molecule has 0 saturated heterocycles. The molecule has 4 rings (SSSR count). The number of amides is 3. The van der Waals surface area contributed by atoms with Crippen molar-refractivity contribution in [3.05, 3.63) is 120 Å². The first-order chi connectivity index (χ1) is 20.3. The molecular formula is C33H31N3O5S. The number of nitrogens with one attached hydrogen (secondary N) is 3. The van der Waals surface area contributed by atoms with Gasteiger partial charge in [0, 0.05) is 27.9 Å². The summed E-state index contributed by atoms with van der Waals surface area (Å²) in [4.78, 5) is 39.7. The highest BCUT2D eigenvalue weighted by Crippen LogP contribution is 2.26. The number of ether oxygens (including phenoxy) is 2. The molecule has 0 aliphatic rings. The van der Waals surface area contributed by atoms with Crippen LogP contribution in [0.3, 0.4) is 0 Å². The van der Waals surface area contributed by atoms with Crippen molar-refractivity contribution in [1.82, 2.24) is 5.32 Å². The molecular weight excluding hydrogens is 550 g/mol. The molecule has 0 spiro atoms. The molecule has 42 heavy (non-hydrogen) atoms. The molecule has 1 atom stereocenters. The van der Waals surface area contributed by atoms with E-state index >= 15 is 0 Å². The second-order valence-electron chi connectivity index (χ2n) is 9.11. The maximum absolute atomic E-state index is 13.3. The van der Waals surface area contributed by atoms with Gasteiger partial charge in [-0.05, 0) is 79.2 Å². The van der Waals surface area contributed by atoms with Crippen LogP contribution in [0.2, 0.25) is 0 Å². The van der Waals surface area contributed by atoms with Gasteiger partial charge in [-0.3, -0.25) is 14.4 Å². The summed E-state index contributed by atoms with van der Waals surface area (Å²) in [6.45, 7) is 1.82. The Balaban J connectivity index is 1.42. The molecule has 0 heterocycles.